The van der Waals surface area contributed by atoms with Crippen LogP contribution >= 0.6 is 23.2 Å². The highest BCUT2D eigenvalue weighted by atomic mass is 35.5. The summed E-state index contributed by atoms with van der Waals surface area (Å²) in [4.78, 5) is 23.8. The van der Waals surface area contributed by atoms with Gasteiger partial charge in [0.15, 0.2) is 11.6 Å². The number of carbonyl (C=O) groups is 2. The fourth-order valence-corrected chi connectivity index (χ4v) is 4.02. The molecule has 0 aliphatic carbocycles. The van der Waals surface area contributed by atoms with E-state index in [1.165, 1.54) is 12.1 Å². The molecule has 0 atom stereocenters. The number of hydrogen-bond donors (Lipinski definition) is 2. The Kier molecular flexibility index (Phi) is 6.44. The molecule has 26 heavy (non-hydrogen) atoms. The number of aromatic hydroxyl groups is 2. The van der Waals surface area contributed by atoms with Gasteiger partial charge in [-0.3, -0.25) is 9.59 Å². The summed E-state index contributed by atoms with van der Waals surface area (Å²) >= 11 is 11.9. The maximum absolute atomic E-state index is 12.9. The van der Waals surface area contributed by atoms with Gasteiger partial charge in [-0.1, -0.05) is 37.0 Å². The van der Waals surface area contributed by atoms with Crippen molar-refractivity contribution in [2.45, 2.75) is 36.5 Å². The lowest BCUT2D eigenvalue weighted by Gasteiger charge is -2.12. The predicted molar refractivity (Wildman–Crippen MR) is 100 cm³/mol. The van der Waals surface area contributed by atoms with Crippen LogP contribution in [0.1, 0.15) is 47.4 Å². The Morgan fingerprint density at radius 3 is 1.50 bits per heavy atom. The van der Waals surface area contributed by atoms with Gasteiger partial charge in [0, 0.05) is 36.1 Å². The van der Waals surface area contributed by atoms with Crippen molar-refractivity contribution in [1.82, 2.24) is 0 Å². The molecule has 0 unspecified atom stereocenters. The van der Waals surface area contributed by atoms with Crippen LogP contribution in [0.15, 0.2) is 34.1 Å². The van der Waals surface area contributed by atoms with Crippen molar-refractivity contribution in [1.29, 1.82) is 0 Å². The van der Waals surface area contributed by atoms with Crippen LogP contribution in [0.4, 0.5) is 0 Å². The average Bonchev–Trinajstić information content (AvgIpc) is 2.60. The second-order valence-electron chi connectivity index (χ2n) is 5.42. The first-order valence-corrected chi connectivity index (χ1v) is 9.64. The second-order valence-corrected chi connectivity index (χ2v) is 7.65. The van der Waals surface area contributed by atoms with E-state index in [2.05, 4.69) is 0 Å². The van der Waals surface area contributed by atoms with Gasteiger partial charge in [-0.25, -0.2) is 4.21 Å². The number of rotatable bonds is 6. The molecule has 0 bridgehead atoms. The highest BCUT2D eigenvalue weighted by molar-refractivity contribution is 7.85. The maximum atomic E-state index is 12.9. The number of carbonyl (C=O) groups excluding carboxylic acids is 2. The van der Waals surface area contributed by atoms with Crippen molar-refractivity contribution in [3.8, 4) is 11.5 Å². The summed E-state index contributed by atoms with van der Waals surface area (Å²) in [6.07, 6.45) is 0.357. The largest absolute Gasteiger partial charge is 0.507 e. The molecule has 8 heteroatoms. The highest BCUT2D eigenvalue weighted by Gasteiger charge is 2.22. The van der Waals surface area contributed by atoms with Crippen molar-refractivity contribution >= 4 is 45.6 Å². The molecule has 0 spiro atoms. The van der Waals surface area contributed by atoms with Gasteiger partial charge in [0.2, 0.25) is 0 Å². The SMILES string of the molecule is CCC(=O)c1cc(S(=O)c2cc(C(=O)CC)c(Cl)cc2O)c(O)cc1Cl. The minimum absolute atomic E-state index is 0.0391. The first-order chi connectivity index (χ1) is 12.2. The van der Waals surface area contributed by atoms with Crippen LogP contribution < -0.4 is 0 Å². The molecule has 0 aliphatic heterocycles. The van der Waals surface area contributed by atoms with Crippen molar-refractivity contribution in [3.63, 3.8) is 0 Å². The minimum atomic E-state index is -2.07. The molecule has 0 aliphatic rings. The molecule has 138 valence electrons. The maximum Gasteiger partial charge on any atom is 0.164 e. The van der Waals surface area contributed by atoms with Gasteiger partial charge >= 0.3 is 0 Å². The lowest BCUT2D eigenvalue weighted by atomic mass is 10.1. The summed E-state index contributed by atoms with van der Waals surface area (Å²) in [5.41, 5.74) is 0.238. The number of phenols is 2. The van der Waals surface area contributed by atoms with E-state index in [0.29, 0.717) is 0 Å². The quantitative estimate of drug-likeness (QED) is 0.664. The Morgan fingerprint density at radius 1 is 0.846 bits per heavy atom. The smallest absolute Gasteiger partial charge is 0.164 e. The number of Topliss-reactive ketones (excluding diaryl/α,β-unsaturated/α-hetero) is 2. The van der Waals surface area contributed by atoms with Crippen LogP contribution in [0.3, 0.4) is 0 Å². The molecule has 0 amide bonds. The first-order valence-electron chi connectivity index (χ1n) is 7.74. The molecule has 0 aromatic heterocycles. The normalized spacial score (nSPS) is 11.0. The fraction of sp³-hybridized carbons (Fsp3) is 0.222. The highest BCUT2D eigenvalue weighted by Crippen LogP contribution is 2.36. The molecule has 0 saturated carbocycles. The number of phenolic OH excluding ortho intramolecular Hbond substituents is 2. The Bertz CT molecular complexity index is 851. The molecular formula is C18H16Cl2O5S. The third-order valence-electron chi connectivity index (χ3n) is 3.74. The van der Waals surface area contributed by atoms with E-state index >= 15 is 0 Å². The van der Waals surface area contributed by atoms with Gasteiger partial charge in [0.25, 0.3) is 0 Å². The van der Waals surface area contributed by atoms with E-state index < -0.39 is 22.3 Å². The number of ketones is 2. The van der Waals surface area contributed by atoms with Crippen LogP contribution in [0, 0.1) is 0 Å². The van der Waals surface area contributed by atoms with Gasteiger partial charge in [-0.2, -0.15) is 0 Å². The molecule has 2 N–H and O–H groups in total. The molecular weight excluding hydrogens is 399 g/mol. The standard InChI is InChI=1S/C18H16Cl2O5S/c1-3-13(21)9-5-17(15(23)7-11(9)19)26(25)18-6-10(14(22)4-2)12(20)8-16(18)24/h5-8,23-24H,3-4H2,1-2H3. The fourth-order valence-electron chi connectivity index (χ4n) is 2.31. The van der Waals surface area contributed by atoms with Crippen molar-refractivity contribution in [2.75, 3.05) is 0 Å². The number of benzene rings is 2. The van der Waals surface area contributed by atoms with Crippen LogP contribution in [0.5, 0.6) is 11.5 Å². The second kappa shape index (κ2) is 8.20. The molecule has 0 saturated heterocycles. The Morgan fingerprint density at radius 2 is 1.19 bits per heavy atom. The van der Waals surface area contributed by atoms with Gasteiger partial charge in [0.1, 0.15) is 11.5 Å². The van der Waals surface area contributed by atoms with Crippen LogP contribution in [0.2, 0.25) is 10.0 Å². The van der Waals surface area contributed by atoms with E-state index in [1.54, 1.807) is 13.8 Å². The predicted octanol–water partition coefficient (Wildman–Crippen LogP) is 4.76. The lowest BCUT2D eigenvalue weighted by Crippen LogP contribution is -2.04. The molecule has 5 nitrogen and oxygen atoms in total. The zero-order chi connectivity index (χ0) is 19.6. The zero-order valence-electron chi connectivity index (χ0n) is 14.0. The lowest BCUT2D eigenvalue weighted by molar-refractivity contribution is 0.0980. The van der Waals surface area contributed by atoms with Crippen LogP contribution in [-0.4, -0.2) is 26.0 Å². The molecule has 2 aromatic carbocycles. The van der Waals surface area contributed by atoms with Gasteiger partial charge in [-0.15, -0.1) is 0 Å². The molecule has 0 fully saturated rings. The Hall–Kier alpha value is -1.89. The topological polar surface area (TPSA) is 91.7 Å². The Balaban J connectivity index is 2.63. The van der Waals surface area contributed by atoms with E-state index in [4.69, 9.17) is 23.2 Å². The monoisotopic (exact) mass is 414 g/mol. The number of halogens is 2. The van der Waals surface area contributed by atoms with Crippen LogP contribution in [-0.2, 0) is 10.8 Å². The van der Waals surface area contributed by atoms with E-state index in [1.807, 2.05) is 0 Å². The molecule has 2 rings (SSSR count). The van der Waals surface area contributed by atoms with Crippen molar-refractivity contribution in [3.05, 3.63) is 45.4 Å². The Labute approximate surface area is 163 Å². The van der Waals surface area contributed by atoms with E-state index in [-0.39, 0.29) is 55.4 Å². The zero-order valence-corrected chi connectivity index (χ0v) is 16.3. The van der Waals surface area contributed by atoms with Gasteiger partial charge < -0.3 is 10.2 Å². The van der Waals surface area contributed by atoms with Gasteiger partial charge in [0.05, 0.1) is 30.6 Å². The van der Waals surface area contributed by atoms with Gasteiger partial charge in [-0.05, 0) is 12.1 Å². The average molecular weight is 415 g/mol. The summed E-state index contributed by atoms with van der Waals surface area (Å²) in [5.74, 6) is -1.34. The third kappa shape index (κ3) is 3.92. The minimum Gasteiger partial charge on any atom is -0.507 e. The van der Waals surface area contributed by atoms with Crippen LogP contribution in [0.25, 0.3) is 0 Å². The summed E-state index contributed by atoms with van der Waals surface area (Å²) in [5, 5.41) is 20.3. The van der Waals surface area contributed by atoms with Crippen molar-refractivity contribution in [2.24, 2.45) is 0 Å². The third-order valence-corrected chi connectivity index (χ3v) is 5.82. The summed E-state index contributed by atoms with van der Waals surface area (Å²) in [6.45, 7) is 3.30. The van der Waals surface area contributed by atoms with E-state index in [9.17, 15) is 24.0 Å². The molecule has 0 radical (unpaired) electrons. The molecule has 0 heterocycles. The summed E-state index contributed by atoms with van der Waals surface area (Å²) in [6, 6.07) is 4.72. The summed E-state index contributed by atoms with van der Waals surface area (Å²) in [7, 11) is -2.07. The van der Waals surface area contributed by atoms with E-state index in [0.717, 1.165) is 12.1 Å². The first kappa shape index (κ1) is 20.4. The number of hydrogen-bond acceptors (Lipinski definition) is 5. The van der Waals surface area contributed by atoms with Crippen molar-refractivity contribution < 1.29 is 24.0 Å². The molecule has 2 aromatic rings. The summed E-state index contributed by atoms with van der Waals surface area (Å²) < 4.78 is 12.9.